The Labute approximate surface area is 145 Å². The predicted octanol–water partition coefficient (Wildman–Crippen LogP) is 3.67. The Morgan fingerprint density at radius 3 is 2.62 bits per heavy atom. The smallest absolute Gasteiger partial charge is 0.0334 e. The summed E-state index contributed by atoms with van der Waals surface area (Å²) in [6.45, 7) is 6.85. The summed E-state index contributed by atoms with van der Waals surface area (Å²) in [6.07, 6.45) is 7.59. The molecule has 3 nitrogen and oxygen atoms in total. The van der Waals surface area contributed by atoms with Gasteiger partial charge in [-0.05, 0) is 73.1 Å². The summed E-state index contributed by atoms with van der Waals surface area (Å²) >= 11 is 0. The van der Waals surface area contributed by atoms with Crippen LogP contribution < -0.4 is 5.32 Å². The zero-order valence-electron chi connectivity index (χ0n) is 14.5. The number of piperidine rings is 1. The van der Waals surface area contributed by atoms with Gasteiger partial charge in [-0.25, -0.2) is 0 Å². The van der Waals surface area contributed by atoms with E-state index in [0.29, 0.717) is 11.5 Å². The molecule has 1 aliphatic heterocycles. The minimum Gasteiger partial charge on any atom is -0.306 e. The molecule has 0 radical (unpaired) electrons. The van der Waals surface area contributed by atoms with Gasteiger partial charge in [-0.2, -0.15) is 0 Å². The van der Waals surface area contributed by atoms with Gasteiger partial charge in [-0.15, -0.1) is 0 Å². The summed E-state index contributed by atoms with van der Waals surface area (Å²) < 4.78 is 0. The van der Waals surface area contributed by atoms with Crippen LogP contribution in [0.3, 0.4) is 0 Å². The van der Waals surface area contributed by atoms with E-state index in [9.17, 15) is 0 Å². The Balaban J connectivity index is 1.53. The van der Waals surface area contributed by atoms with Crippen molar-refractivity contribution in [1.82, 2.24) is 15.2 Å². The zero-order chi connectivity index (χ0) is 16.4. The first-order valence-electron chi connectivity index (χ1n) is 9.25. The van der Waals surface area contributed by atoms with Crippen molar-refractivity contribution in [1.29, 1.82) is 0 Å². The monoisotopic (exact) mass is 321 g/mol. The zero-order valence-corrected chi connectivity index (χ0v) is 14.5. The van der Waals surface area contributed by atoms with Gasteiger partial charge in [0.15, 0.2) is 0 Å². The molecule has 1 aromatic heterocycles. The fraction of sp³-hybridized carbons (Fsp3) is 0.476. The van der Waals surface area contributed by atoms with Crippen molar-refractivity contribution < 1.29 is 0 Å². The molecule has 1 spiro atoms. The molecule has 1 aromatic carbocycles. The SMILES string of the molecule is CCN1CCC2(CC1)C[C@@H](NCc1ccncc1)c1ccccc12. The second-order valence-electron chi connectivity index (χ2n) is 7.29. The van der Waals surface area contributed by atoms with Crippen LogP contribution in [0.5, 0.6) is 0 Å². The molecule has 24 heavy (non-hydrogen) atoms. The van der Waals surface area contributed by atoms with Crippen molar-refractivity contribution >= 4 is 0 Å². The van der Waals surface area contributed by atoms with Crippen LogP contribution in [0.4, 0.5) is 0 Å². The van der Waals surface area contributed by atoms with Crippen LogP contribution in [-0.4, -0.2) is 29.5 Å². The highest BCUT2D eigenvalue weighted by Crippen LogP contribution is 2.50. The maximum absolute atomic E-state index is 4.11. The predicted molar refractivity (Wildman–Crippen MR) is 97.9 cm³/mol. The molecule has 0 bridgehead atoms. The van der Waals surface area contributed by atoms with Crippen molar-refractivity contribution in [2.75, 3.05) is 19.6 Å². The minimum atomic E-state index is 0.387. The van der Waals surface area contributed by atoms with Gasteiger partial charge in [0.2, 0.25) is 0 Å². The third-order valence-corrected chi connectivity index (χ3v) is 6.06. The van der Waals surface area contributed by atoms with E-state index in [-0.39, 0.29) is 0 Å². The molecule has 1 atom stereocenters. The van der Waals surface area contributed by atoms with Gasteiger partial charge in [0.25, 0.3) is 0 Å². The molecule has 2 aromatic rings. The first-order chi connectivity index (χ1) is 11.8. The average molecular weight is 321 g/mol. The molecule has 0 saturated carbocycles. The van der Waals surface area contributed by atoms with E-state index < -0.39 is 0 Å². The Bertz CT molecular complexity index is 674. The van der Waals surface area contributed by atoms with Crippen LogP contribution in [0.1, 0.15) is 48.9 Å². The van der Waals surface area contributed by atoms with Gasteiger partial charge in [0, 0.05) is 25.0 Å². The Hall–Kier alpha value is -1.71. The van der Waals surface area contributed by atoms with E-state index in [1.165, 1.54) is 50.0 Å². The molecule has 1 fully saturated rings. The number of pyridine rings is 1. The molecular formula is C21H27N3. The van der Waals surface area contributed by atoms with E-state index in [2.05, 4.69) is 58.5 Å². The summed E-state index contributed by atoms with van der Waals surface area (Å²) in [4.78, 5) is 6.70. The standard InChI is InChI=1S/C21H27N3/c1-2-24-13-9-21(10-14-24)15-20(18-5-3-4-6-19(18)21)23-16-17-7-11-22-12-8-17/h3-8,11-12,20,23H,2,9-10,13-16H2,1H3/t20-/m1/s1. The first-order valence-corrected chi connectivity index (χ1v) is 9.25. The number of nitrogens with one attached hydrogen (secondary N) is 1. The second-order valence-corrected chi connectivity index (χ2v) is 7.29. The highest BCUT2D eigenvalue weighted by molar-refractivity contribution is 5.42. The van der Waals surface area contributed by atoms with Gasteiger partial charge in [0.05, 0.1) is 0 Å². The molecule has 1 saturated heterocycles. The Morgan fingerprint density at radius 2 is 1.88 bits per heavy atom. The van der Waals surface area contributed by atoms with Crippen molar-refractivity contribution in [2.45, 2.75) is 44.2 Å². The maximum atomic E-state index is 4.11. The lowest BCUT2D eigenvalue weighted by Crippen LogP contribution is -2.41. The summed E-state index contributed by atoms with van der Waals surface area (Å²) in [5.74, 6) is 0. The van der Waals surface area contributed by atoms with Crippen LogP contribution in [0.2, 0.25) is 0 Å². The number of aromatic nitrogens is 1. The van der Waals surface area contributed by atoms with Gasteiger partial charge in [0.1, 0.15) is 0 Å². The van der Waals surface area contributed by atoms with Crippen LogP contribution in [0, 0.1) is 0 Å². The van der Waals surface area contributed by atoms with E-state index in [0.717, 1.165) is 6.54 Å². The number of nitrogens with zero attached hydrogens (tertiary/aromatic N) is 2. The topological polar surface area (TPSA) is 28.2 Å². The largest absolute Gasteiger partial charge is 0.306 e. The average Bonchev–Trinajstić information content (AvgIpc) is 2.96. The fourth-order valence-electron chi connectivity index (χ4n) is 4.59. The van der Waals surface area contributed by atoms with E-state index in [4.69, 9.17) is 0 Å². The summed E-state index contributed by atoms with van der Waals surface area (Å²) in [7, 11) is 0. The molecule has 2 heterocycles. The minimum absolute atomic E-state index is 0.387. The van der Waals surface area contributed by atoms with Gasteiger partial charge < -0.3 is 10.2 Å². The van der Waals surface area contributed by atoms with Crippen LogP contribution in [-0.2, 0) is 12.0 Å². The maximum Gasteiger partial charge on any atom is 0.0334 e. The number of likely N-dealkylation sites (tertiary alicyclic amines) is 1. The molecular weight excluding hydrogens is 294 g/mol. The molecule has 126 valence electrons. The van der Waals surface area contributed by atoms with E-state index >= 15 is 0 Å². The van der Waals surface area contributed by atoms with Gasteiger partial charge >= 0.3 is 0 Å². The third-order valence-electron chi connectivity index (χ3n) is 6.06. The van der Waals surface area contributed by atoms with E-state index in [1.54, 1.807) is 5.56 Å². The number of fused-ring (bicyclic) bond motifs is 2. The van der Waals surface area contributed by atoms with Crippen molar-refractivity contribution in [2.24, 2.45) is 0 Å². The first kappa shape index (κ1) is 15.8. The molecule has 2 aliphatic rings. The molecule has 0 unspecified atom stereocenters. The highest BCUT2D eigenvalue weighted by atomic mass is 15.1. The van der Waals surface area contributed by atoms with Gasteiger partial charge in [-0.3, -0.25) is 4.98 Å². The van der Waals surface area contributed by atoms with Crippen molar-refractivity contribution in [3.8, 4) is 0 Å². The van der Waals surface area contributed by atoms with E-state index in [1.807, 2.05) is 12.4 Å². The number of hydrogen-bond donors (Lipinski definition) is 1. The summed E-state index contributed by atoms with van der Waals surface area (Å²) in [5.41, 5.74) is 4.83. The molecule has 1 N–H and O–H groups in total. The molecule has 4 rings (SSSR count). The van der Waals surface area contributed by atoms with Crippen LogP contribution >= 0.6 is 0 Å². The summed E-state index contributed by atoms with van der Waals surface area (Å²) in [6, 6.07) is 13.8. The molecule has 1 aliphatic carbocycles. The lowest BCUT2D eigenvalue weighted by Gasteiger charge is -2.40. The normalized spacial score (nSPS) is 22.6. The third kappa shape index (κ3) is 2.87. The van der Waals surface area contributed by atoms with Crippen molar-refractivity contribution in [3.63, 3.8) is 0 Å². The van der Waals surface area contributed by atoms with Crippen molar-refractivity contribution in [3.05, 3.63) is 65.5 Å². The number of benzene rings is 1. The molecule has 0 amide bonds. The Kier molecular flexibility index (Phi) is 4.38. The van der Waals surface area contributed by atoms with Crippen LogP contribution in [0.15, 0.2) is 48.8 Å². The number of hydrogen-bond acceptors (Lipinski definition) is 3. The number of rotatable bonds is 4. The van der Waals surface area contributed by atoms with Gasteiger partial charge in [-0.1, -0.05) is 31.2 Å². The van der Waals surface area contributed by atoms with Crippen LogP contribution in [0.25, 0.3) is 0 Å². The lowest BCUT2D eigenvalue weighted by molar-refractivity contribution is 0.158. The lowest BCUT2D eigenvalue weighted by atomic mass is 9.73. The fourth-order valence-corrected chi connectivity index (χ4v) is 4.59. The molecule has 3 heteroatoms. The summed E-state index contributed by atoms with van der Waals surface area (Å²) in [5, 5.41) is 3.81. The second kappa shape index (κ2) is 6.66. The Morgan fingerprint density at radius 1 is 1.12 bits per heavy atom. The quantitative estimate of drug-likeness (QED) is 0.931. The highest BCUT2D eigenvalue weighted by Gasteiger charge is 2.44.